The number of carboxylic acid groups (broad SMARTS) is 1. The normalized spacial score (nSPS) is 20.2. The van der Waals surface area contributed by atoms with E-state index >= 15 is 0 Å². The smallest absolute Gasteiger partial charge is 0.307 e. The first kappa shape index (κ1) is 14.6. The summed E-state index contributed by atoms with van der Waals surface area (Å²) in [5, 5.41) is 9.01. The van der Waals surface area contributed by atoms with E-state index in [1.54, 1.807) is 0 Å². The Hall–Kier alpha value is -1.84. The lowest BCUT2D eigenvalue weighted by Crippen LogP contribution is -2.42. The zero-order valence-electron chi connectivity index (χ0n) is 10.7. The summed E-state index contributed by atoms with van der Waals surface area (Å²) in [6.45, 7) is 0.348. The van der Waals surface area contributed by atoms with Gasteiger partial charge < -0.3 is 5.11 Å². The second-order valence-corrected chi connectivity index (χ2v) is 6.63. The van der Waals surface area contributed by atoms with Gasteiger partial charge in [0.25, 0.3) is 0 Å². The predicted octanol–water partition coefficient (Wildman–Crippen LogP) is 1.11. The fourth-order valence-electron chi connectivity index (χ4n) is 2.22. The third-order valence-electron chi connectivity index (χ3n) is 3.37. The molecule has 0 amide bonds. The minimum atomic E-state index is -3.67. The van der Waals surface area contributed by atoms with Gasteiger partial charge in [0.1, 0.15) is 0 Å². The highest BCUT2D eigenvalue weighted by molar-refractivity contribution is 7.89. The Morgan fingerprint density at radius 1 is 1.35 bits per heavy atom. The number of aliphatic carboxylic acids is 1. The highest BCUT2D eigenvalue weighted by Gasteiger charge is 2.33. The van der Waals surface area contributed by atoms with E-state index in [1.807, 2.05) is 0 Å². The number of hydrogen-bond donors (Lipinski definition) is 1. The standard InChI is InChI=1S/C14H14NO4S/c1-2-11-5-7-13(8-6-11)20(18,19)15-9-3-4-12(10-15)14(16)17/h5-8,12H,3-4,9-10H2,(H,16,17). The largest absolute Gasteiger partial charge is 0.481 e. The molecule has 0 saturated carbocycles. The lowest BCUT2D eigenvalue weighted by atomic mass is 10.0. The zero-order valence-corrected chi connectivity index (χ0v) is 11.6. The van der Waals surface area contributed by atoms with E-state index in [0.29, 0.717) is 24.9 Å². The Kier molecular flexibility index (Phi) is 4.12. The van der Waals surface area contributed by atoms with Gasteiger partial charge in [0, 0.05) is 18.7 Å². The minimum absolute atomic E-state index is 0.0100. The van der Waals surface area contributed by atoms with E-state index < -0.39 is 21.9 Å². The van der Waals surface area contributed by atoms with Gasteiger partial charge in [-0.15, -0.1) is 0 Å². The molecule has 5 nitrogen and oxygen atoms in total. The van der Waals surface area contributed by atoms with Crippen LogP contribution in [0.3, 0.4) is 0 Å². The first-order valence-corrected chi connectivity index (χ1v) is 7.65. The third kappa shape index (κ3) is 2.84. The maximum Gasteiger partial charge on any atom is 0.307 e. The number of carbonyl (C=O) groups is 1. The fourth-order valence-corrected chi connectivity index (χ4v) is 3.75. The van der Waals surface area contributed by atoms with Crippen molar-refractivity contribution in [2.75, 3.05) is 13.1 Å². The van der Waals surface area contributed by atoms with Gasteiger partial charge in [-0.3, -0.25) is 4.79 Å². The van der Waals surface area contributed by atoms with E-state index in [1.165, 1.54) is 28.6 Å². The summed E-state index contributed by atoms with van der Waals surface area (Å²) in [6, 6.07) is 5.82. The van der Waals surface area contributed by atoms with E-state index in [2.05, 4.69) is 5.92 Å². The number of rotatable bonds is 3. The number of carboxylic acids is 1. The molecule has 1 unspecified atom stereocenters. The van der Waals surface area contributed by atoms with Crippen LogP contribution in [0, 0.1) is 18.3 Å². The van der Waals surface area contributed by atoms with Crippen LogP contribution in [0.25, 0.3) is 0 Å². The van der Waals surface area contributed by atoms with Gasteiger partial charge in [-0.25, -0.2) is 8.42 Å². The zero-order chi connectivity index (χ0) is 14.8. The van der Waals surface area contributed by atoms with Crippen LogP contribution in [0.4, 0.5) is 0 Å². The number of benzene rings is 1. The average Bonchev–Trinajstić information content (AvgIpc) is 2.47. The molecule has 1 aromatic carbocycles. The summed E-state index contributed by atoms with van der Waals surface area (Å²) in [7, 11) is -3.67. The van der Waals surface area contributed by atoms with Gasteiger partial charge in [-0.1, -0.05) is 5.92 Å². The molecule has 1 atom stereocenters. The molecule has 0 spiro atoms. The monoisotopic (exact) mass is 292 g/mol. The quantitative estimate of drug-likeness (QED) is 0.847. The van der Waals surface area contributed by atoms with Crippen LogP contribution in [0.1, 0.15) is 18.4 Å². The molecule has 0 aliphatic carbocycles. The Labute approximate surface area is 118 Å². The van der Waals surface area contributed by atoms with E-state index in [-0.39, 0.29) is 11.4 Å². The van der Waals surface area contributed by atoms with Crippen molar-refractivity contribution in [3.05, 3.63) is 36.3 Å². The maximum absolute atomic E-state index is 12.4. The molecular weight excluding hydrogens is 278 g/mol. The molecule has 6 heteroatoms. The maximum atomic E-state index is 12.4. The topological polar surface area (TPSA) is 74.7 Å². The van der Waals surface area contributed by atoms with Crippen LogP contribution in [-0.4, -0.2) is 36.9 Å². The summed E-state index contributed by atoms with van der Waals surface area (Å²) < 4.78 is 26.1. The van der Waals surface area contributed by atoms with Crippen LogP contribution in [0.2, 0.25) is 0 Å². The Bertz CT molecular complexity index is 643. The van der Waals surface area contributed by atoms with Gasteiger partial charge in [0.2, 0.25) is 10.0 Å². The second kappa shape index (κ2) is 5.65. The van der Waals surface area contributed by atoms with Gasteiger partial charge >= 0.3 is 5.97 Å². The van der Waals surface area contributed by atoms with Crippen LogP contribution in [-0.2, 0) is 14.8 Å². The Balaban J connectivity index is 2.25. The van der Waals surface area contributed by atoms with E-state index in [0.717, 1.165) is 0 Å². The molecule has 0 bridgehead atoms. The summed E-state index contributed by atoms with van der Waals surface area (Å²) >= 11 is 0. The number of nitrogens with zero attached hydrogens (tertiary/aromatic N) is 1. The molecule has 2 rings (SSSR count). The van der Waals surface area contributed by atoms with Crippen LogP contribution in [0.5, 0.6) is 0 Å². The van der Waals surface area contributed by atoms with Crippen LogP contribution >= 0.6 is 0 Å². The van der Waals surface area contributed by atoms with Gasteiger partial charge in [0.05, 0.1) is 10.8 Å². The predicted molar refractivity (Wildman–Crippen MR) is 71.8 cm³/mol. The van der Waals surface area contributed by atoms with Crippen molar-refractivity contribution >= 4 is 16.0 Å². The molecule has 1 saturated heterocycles. The molecule has 20 heavy (non-hydrogen) atoms. The molecule has 1 radical (unpaired) electrons. The van der Waals surface area contributed by atoms with Crippen molar-refractivity contribution in [1.29, 1.82) is 0 Å². The fraction of sp³-hybridized carbons (Fsp3) is 0.357. The van der Waals surface area contributed by atoms with Gasteiger partial charge in [-0.2, -0.15) is 4.31 Å². The molecule has 1 N–H and O–H groups in total. The highest BCUT2D eigenvalue weighted by Crippen LogP contribution is 2.24. The summed E-state index contributed by atoms with van der Waals surface area (Å²) in [5.74, 6) is 0.566. The van der Waals surface area contributed by atoms with Crippen molar-refractivity contribution in [1.82, 2.24) is 4.31 Å². The molecular formula is C14H14NO4S. The molecule has 1 fully saturated rings. The first-order chi connectivity index (χ1) is 9.45. The molecule has 1 aliphatic rings. The average molecular weight is 292 g/mol. The van der Waals surface area contributed by atoms with Gasteiger partial charge in [0.15, 0.2) is 0 Å². The summed E-state index contributed by atoms with van der Waals surface area (Å²) in [5.41, 5.74) is 0.492. The molecule has 1 heterocycles. The minimum Gasteiger partial charge on any atom is -0.481 e. The van der Waals surface area contributed by atoms with Crippen molar-refractivity contribution in [3.63, 3.8) is 0 Å². The molecule has 0 aromatic heterocycles. The van der Waals surface area contributed by atoms with Crippen molar-refractivity contribution in [3.8, 4) is 5.92 Å². The summed E-state index contributed by atoms with van der Waals surface area (Å²) in [6.07, 6.45) is 8.01. The van der Waals surface area contributed by atoms with Crippen LogP contribution in [0.15, 0.2) is 29.2 Å². The Morgan fingerprint density at radius 2 is 2.00 bits per heavy atom. The van der Waals surface area contributed by atoms with Crippen molar-refractivity contribution < 1.29 is 18.3 Å². The second-order valence-electron chi connectivity index (χ2n) is 4.69. The SMILES string of the molecule is [C]#Cc1ccc(S(=O)(=O)N2CCCC(C(=O)O)C2)cc1. The third-order valence-corrected chi connectivity index (χ3v) is 5.25. The van der Waals surface area contributed by atoms with Crippen molar-refractivity contribution in [2.24, 2.45) is 5.92 Å². The first-order valence-electron chi connectivity index (χ1n) is 6.21. The number of sulfonamides is 1. The van der Waals surface area contributed by atoms with Crippen molar-refractivity contribution in [2.45, 2.75) is 17.7 Å². The van der Waals surface area contributed by atoms with Crippen LogP contribution < -0.4 is 0 Å². The summed E-state index contributed by atoms with van der Waals surface area (Å²) in [4.78, 5) is 11.1. The van der Waals surface area contributed by atoms with Gasteiger partial charge in [-0.05, 0) is 43.5 Å². The lowest BCUT2D eigenvalue weighted by molar-refractivity contribution is -0.142. The Morgan fingerprint density at radius 3 is 2.55 bits per heavy atom. The molecule has 1 aromatic rings. The number of hydrogen-bond acceptors (Lipinski definition) is 3. The highest BCUT2D eigenvalue weighted by atomic mass is 32.2. The van der Waals surface area contributed by atoms with E-state index in [9.17, 15) is 13.2 Å². The molecule has 105 valence electrons. The van der Waals surface area contributed by atoms with E-state index in [4.69, 9.17) is 11.5 Å². The number of piperidine rings is 1. The molecule has 1 aliphatic heterocycles. The lowest BCUT2D eigenvalue weighted by Gasteiger charge is -2.29.